The van der Waals surface area contributed by atoms with E-state index in [9.17, 15) is 23.3 Å². The molecular formula is C16H10BrN3O6S2. The van der Waals surface area contributed by atoms with Gasteiger partial charge >= 0.3 is 10.1 Å². The number of non-ortho nitro benzene ring substituents is 1. The summed E-state index contributed by atoms with van der Waals surface area (Å²) < 4.78 is 30.9. The highest BCUT2D eigenvalue weighted by Crippen LogP contribution is 2.33. The van der Waals surface area contributed by atoms with Crippen molar-refractivity contribution < 1.29 is 22.3 Å². The molecular weight excluding hydrogens is 474 g/mol. The summed E-state index contributed by atoms with van der Waals surface area (Å²) in [4.78, 5) is 25.4. The van der Waals surface area contributed by atoms with Gasteiger partial charge in [-0.1, -0.05) is 22.0 Å². The number of hydrogen-bond acceptors (Lipinski definition) is 8. The van der Waals surface area contributed by atoms with Crippen LogP contribution in [-0.4, -0.2) is 24.4 Å². The van der Waals surface area contributed by atoms with E-state index in [1.165, 1.54) is 30.3 Å². The summed E-state index contributed by atoms with van der Waals surface area (Å²) >= 11 is 4.22. The summed E-state index contributed by atoms with van der Waals surface area (Å²) in [5, 5.41) is 11.0. The van der Waals surface area contributed by atoms with Crippen LogP contribution in [-0.2, 0) is 14.9 Å². The molecule has 0 radical (unpaired) electrons. The summed E-state index contributed by atoms with van der Waals surface area (Å²) in [7, 11) is -4.36. The quantitative estimate of drug-likeness (QED) is 0.295. The average molecular weight is 484 g/mol. The zero-order chi connectivity index (χ0) is 20.5. The molecule has 28 heavy (non-hydrogen) atoms. The monoisotopic (exact) mass is 483 g/mol. The standard InChI is InChI=1S/C16H10BrN3O6S2/c17-10-4-5-13(9(6-10)7-14-15(21)19-16(18)27-14)26-28(24,25)12-3-1-2-11(8-12)20(22)23/h1-8H,(H2,18,19,21)/b14-7-. The smallest absolute Gasteiger partial charge is 0.339 e. The molecule has 1 heterocycles. The molecule has 144 valence electrons. The van der Waals surface area contributed by atoms with E-state index in [-0.39, 0.29) is 32.0 Å². The minimum absolute atomic E-state index is 0.0684. The number of nitro groups is 1. The van der Waals surface area contributed by atoms with Gasteiger partial charge in [-0.15, -0.1) is 0 Å². The van der Waals surface area contributed by atoms with E-state index < -0.39 is 20.9 Å². The molecule has 3 rings (SSSR count). The first-order valence-corrected chi connectivity index (χ1v) is 10.4. The van der Waals surface area contributed by atoms with E-state index in [0.717, 1.165) is 17.8 Å². The van der Waals surface area contributed by atoms with Gasteiger partial charge in [0.25, 0.3) is 11.6 Å². The van der Waals surface area contributed by atoms with Crippen LogP contribution in [0.2, 0.25) is 0 Å². The highest BCUT2D eigenvalue weighted by molar-refractivity contribution is 9.10. The predicted octanol–water partition coefficient (Wildman–Crippen LogP) is 3.05. The van der Waals surface area contributed by atoms with Crippen LogP contribution in [0.3, 0.4) is 0 Å². The van der Waals surface area contributed by atoms with E-state index >= 15 is 0 Å². The Hall–Kier alpha value is -2.70. The molecule has 0 spiro atoms. The number of nitrogens with zero attached hydrogens (tertiary/aromatic N) is 2. The lowest BCUT2D eigenvalue weighted by Crippen LogP contribution is -2.11. The van der Waals surface area contributed by atoms with Crippen molar-refractivity contribution in [3.63, 3.8) is 0 Å². The number of carbonyl (C=O) groups is 1. The molecule has 2 N–H and O–H groups in total. The topological polar surface area (TPSA) is 142 Å². The Morgan fingerprint density at radius 2 is 2.00 bits per heavy atom. The zero-order valence-electron chi connectivity index (χ0n) is 13.7. The van der Waals surface area contributed by atoms with E-state index in [2.05, 4.69) is 20.9 Å². The number of rotatable bonds is 5. The van der Waals surface area contributed by atoms with Crippen LogP contribution < -0.4 is 9.92 Å². The molecule has 12 heteroatoms. The minimum Gasteiger partial charge on any atom is -0.378 e. The van der Waals surface area contributed by atoms with Crippen molar-refractivity contribution >= 4 is 60.6 Å². The summed E-state index contributed by atoms with van der Waals surface area (Å²) in [6, 6.07) is 8.98. The van der Waals surface area contributed by atoms with Crippen molar-refractivity contribution in [2.75, 3.05) is 0 Å². The molecule has 1 aliphatic rings. The van der Waals surface area contributed by atoms with Crippen molar-refractivity contribution in [1.29, 1.82) is 0 Å². The number of nitro benzene ring substituents is 1. The van der Waals surface area contributed by atoms with Crippen LogP contribution >= 0.6 is 27.7 Å². The lowest BCUT2D eigenvalue weighted by atomic mass is 10.2. The summed E-state index contributed by atoms with van der Waals surface area (Å²) in [5.41, 5.74) is 5.41. The number of thioether (sulfide) groups is 1. The van der Waals surface area contributed by atoms with Crippen molar-refractivity contribution in [2.24, 2.45) is 10.7 Å². The largest absolute Gasteiger partial charge is 0.378 e. The van der Waals surface area contributed by atoms with E-state index in [0.29, 0.717) is 4.47 Å². The molecule has 9 nitrogen and oxygen atoms in total. The van der Waals surface area contributed by atoms with Crippen LogP contribution in [0.25, 0.3) is 6.08 Å². The Morgan fingerprint density at radius 3 is 2.64 bits per heavy atom. The van der Waals surface area contributed by atoms with Gasteiger partial charge in [0.05, 0.1) is 9.83 Å². The number of carbonyl (C=O) groups excluding carboxylic acids is 1. The maximum atomic E-state index is 12.6. The Morgan fingerprint density at radius 1 is 1.25 bits per heavy atom. The van der Waals surface area contributed by atoms with Crippen molar-refractivity contribution in [1.82, 2.24) is 0 Å². The summed E-state index contributed by atoms with van der Waals surface area (Å²) in [6.07, 6.45) is 1.40. The fourth-order valence-corrected chi connectivity index (χ4v) is 4.24. The molecule has 0 bridgehead atoms. The maximum absolute atomic E-state index is 12.6. The third kappa shape index (κ3) is 4.40. The van der Waals surface area contributed by atoms with Crippen molar-refractivity contribution in [3.8, 4) is 5.75 Å². The van der Waals surface area contributed by atoms with E-state index in [1.807, 2.05) is 0 Å². The van der Waals surface area contributed by atoms with E-state index in [4.69, 9.17) is 9.92 Å². The summed E-state index contributed by atoms with van der Waals surface area (Å²) in [6.45, 7) is 0. The fourth-order valence-electron chi connectivity index (χ4n) is 2.19. The molecule has 0 fully saturated rings. The Balaban J connectivity index is 1.99. The molecule has 0 saturated carbocycles. The Kier molecular flexibility index (Phi) is 5.54. The molecule has 0 atom stereocenters. The average Bonchev–Trinajstić information content (AvgIpc) is 2.94. The lowest BCUT2D eigenvalue weighted by Gasteiger charge is -2.10. The maximum Gasteiger partial charge on any atom is 0.339 e. The van der Waals surface area contributed by atoms with Crippen LogP contribution in [0.4, 0.5) is 5.69 Å². The van der Waals surface area contributed by atoms with E-state index in [1.54, 1.807) is 12.1 Å². The molecule has 1 aliphatic heterocycles. The third-order valence-corrected chi connectivity index (χ3v) is 5.95. The predicted molar refractivity (Wildman–Crippen MR) is 107 cm³/mol. The molecule has 2 aromatic rings. The molecule has 0 aliphatic carbocycles. The van der Waals surface area contributed by atoms with Gasteiger partial charge in [0.1, 0.15) is 10.6 Å². The zero-order valence-corrected chi connectivity index (χ0v) is 17.0. The van der Waals surface area contributed by atoms with Crippen molar-refractivity contribution in [3.05, 3.63) is 67.5 Å². The third-order valence-electron chi connectivity index (χ3n) is 3.41. The Labute approximate surface area is 171 Å². The second-order valence-corrected chi connectivity index (χ2v) is 8.86. The molecule has 2 aromatic carbocycles. The van der Waals surface area contributed by atoms with Gasteiger partial charge in [-0.2, -0.15) is 13.4 Å². The molecule has 0 saturated heterocycles. The highest BCUT2D eigenvalue weighted by Gasteiger charge is 2.23. The van der Waals surface area contributed by atoms with Gasteiger partial charge in [0.15, 0.2) is 5.17 Å². The van der Waals surface area contributed by atoms with Crippen LogP contribution in [0.5, 0.6) is 5.75 Å². The number of amides is 1. The number of benzene rings is 2. The molecule has 0 aromatic heterocycles. The van der Waals surface area contributed by atoms with Gasteiger partial charge in [-0.3, -0.25) is 14.9 Å². The normalized spacial score (nSPS) is 15.5. The second kappa shape index (κ2) is 7.73. The number of halogens is 1. The van der Waals surface area contributed by atoms with Gasteiger partial charge in [0.2, 0.25) is 0 Å². The number of nitrogens with two attached hydrogens (primary N) is 1. The number of aliphatic imine (C=N–C) groups is 1. The van der Waals surface area contributed by atoms with Gasteiger partial charge in [-0.25, -0.2) is 0 Å². The molecule has 0 unspecified atom stereocenters. The molecule has 1 amide bonds. The lowest BCUT2D eigenvalue weighted by molar-refractivity contribution is -0.385. The van der Waals surface area contributed by atoms with Crippen LogP contribution in [0.15, 0.2) is 61.7 Å². The first-order valence-electron chi connectivity index (χ1n) is 7.42. The SMILES string of the molecule is NC1=NC(=O)/C(=C/c2cc(Br)ccc2OS(=O)(=O)c2cccc([N+](=O)[O-])c2)S1. The van der Waals surface area contributed by atoms with Crippen LogP contribution in [0.1, 0.15) is 5.56 Å². The Bertz CT molecular complexity index is 1160. The van der Waals surface area contributed by atoms with Crippen LogP contribution in [0, 0.1) is 10.1 Å². The first-order chi connectivity index (χ1) is 13.2. The second-order valence-electron chi connectivity index (χ2n) is 5.34. The fraction of sp³-hybridized carbons (Fsp3) is 0. The first kappa shape index (κ1) is 20.0. The summed E-state index contributed by atoms with van der Waals surface area (Å²) in [5.74, 6) is -0.615. The van der Waals surface area contributed by atoms with Gasteiger partial charge < -0.3 is 9.92 Å². The number of amidine groups is 1. The van der Waals surface area contributed by atoms with Crippen molar-refractivity contribution in [2.45, 2.75) is 4.90 Å². The minimum atomic E-state index is -4.36. The van der Waals surface area contributed by atoms with Gasteiger partial charge in [-0.05, 0) is 42.1 Å². The van der Waals surface area contributed by atoms with Gasteiger partial charge in [0, 0.05) is 22.2 Å². The number of hydrogen-bond donors (Lipinski definition) is 1. The highest BCUT2D eigenvalue weighted by atomic mass is 79.9.